The third-order valence-corrected chi connectivity index (χ3v) is 3.06. The zero-order valence-corrected chi connectivity index (χ0v) is 12.0. The Hall–Kier alpha value is -1.85. The second-order valence-corrected chi connectivity index (χ2v) is 4.47. The maximum absolute atomic E-state index is 11.9. The molecule has 1 aromatic carbocycles. The van der Waals surface area contributed by atoms with Crippen LogP contribution in [0, 0.1) is 0 Å². The van der Waals surface area contributed by atoms with E-state index in [0.29, 0.717) is 0 Å². The number of esters is 1. The van der Waals surface area contributed by atoms with Gasteiger partial charge in [0.15, 0.2) is 0 Å². The summed E-state index contributed by atoms with van der Waals surface area (Å²) in [5, 5.41) is -0.0746. The lowest BCUT2D eigenvalue weighted by atomic mass is 10.2. The van der Waals surface area contributed by atoms with Crippen molar-refractivity contribution in [2.24, 2.45) is 0 Å². The maximum Gasteiger partial charge on any atom is 0.344 e. The second-order valence-electron chi connectivity index (χ2n) is 3.75. The van der Waals surface area contributed by atoms with E-state index in [2.05, 4.69) is 9.97 Å². The molecule has 20 heavy (non-hydrogen) atoms. The average molecular weight is 313 g/mol. The number of carbonyl (C=O) groups excluding carboxylic acids is 1. The summed E-state index contributed by atoms with van der Waals surface area (Å²) in [5.41, 5.74) is 0.771. The summed E-state index contributed by atoms with van der Waals surface area (Å²) in [6.45, 7) is 0.0877. The van der Waals surface area contributed by atoms with E-state index >= 15 is 0 Å². The quantitative estimate of drug-likeness (QED) is 0.641. The first kappa shape index (κ1) is 14.6. The van der Waals surface area contributed by atoms with E-state index in [1.54, 1.807) is 31.4 Å². The third kappa shape index (κ3) is 3.37. The minimum absolute atomic E-state index is 0.0373. The zero-order chi connectivity index (χ0) is 14.5. The van der Waals surface area contributed by atoms with Crippen LogP contribution >= 0.6 is 23.2 Å². The van der Waals surface area contributed by atoms with Gasteiger partial charge in [-0.1, -0.05) is 35.3 Å². The average Bonchev–Trinajstić information content (AvgIpc) is 2.45. The van der Waals surface area contributed by atoms with Crippen LogP contribution in [-0.4, -0.2) is 23.0 Å². The lowest BCUT2D eigenvalue weighted by Crippen LogP contribution is -2.08. The molecular weight excluding hydrogens is 303 g/mol. The molecule has 0 fully saturated rings. The van der Waals surface area contributed by atoms with Gasteiger partial charge in [-0.15, -0.1) is 0 Å². The monoisotopic (exact) mass is 312 g/mol. The highest BCUT2D eigenvalue weighted by Crippen LogP contribution is 2.21. The van der Waals surface area contributed by atoms with Gasteiger partial charge < -0.3 is 9.47 Å². The second kappa shape index (κ2) is 6.54. The molecule has 0 saturated carbocycles. The predicted molar refractivity (Wildman–Crippen MR) is 74.2 cm³/mol. The predicted octanol–water partition coefficient (Wildman–Crippen LogP) is 3.15. The summed E-state index contributed by atoms with van der Waals surface area (Å²) in [7, 11) is 1.58. The first-order valence-corrected chi connectivity index (χ1v) is 6.33. The van der Waals surface area contributed by atoms with E-state index in [0.717, 1.165) is 11.3 Å². The fourth-order valence-electron chi connectivity index (χ4n) is 1.46. The Kier molecular flexibility index (Phi) is 4.76. The molecule has 1 aromatic heterocycles. The molecular formula is C13H10Cl2N2O3. The molecule has 5 nitrogen and oxygen atoms in total. The lowest BCUT2D eigenvalue weighted by Gasteiger charge is -2.07. The van der Waals surface area contributed by atoms with Crippen LogP contribution in [0.1, 0.15) is 15.9 Å². The van der Waals surface area contributed by atoms with Gasteiger partial charge in [-0.2, -0.15) is 0 Å². The molecule has 104 valence electrons. The van der Waals surface area contributed by atoms with Gasteiger partial charge in [0.25, 0.3) is 0 Å². The van der Waals surface area contributed by atoms with Gasteiger partial charge >= 0.3 is 5.97 Å². The van der Waals surface area contributed by atoms with Gasteiger partial charge in [-0.05, 0) is 17.7 Å². The van der Waals surface area contributed by atoms with Crippen molar-refractivity contribution in [1.82, 2.24) is 9.97 Å². The molecule has 0 N–H and O–H groups in total. The largest absolute Gasteiger partial charge is 0.497 e. The van der Waals surface area contributed by atoms with Crippen molar-refractivity contribution >= 4 is 29.2 Å². The Morgan fingerprint density at radius 3 is 2.30 bits per heavy atom. The van der Waals surface area contributed by atoms with Crippen LogP contribution in [0.25, 0.3) is 0 Å². The third-order valence-electron chi connectivity index (χ3n) is 2.49. The minimum atomic E-state index is -0.670. The van der Waals surface area contributed by atoms with E-state index in [1.807, 2.05) is 0 Å². The summed E-state index contributed by atoms with van der Waals surface area (Å²) < 4.78 is 10.2. The van der Waals surface area contributed by atoms with Crippen LogP contribution in [0.3, 0.4) is 0 Å². The molecule has 0 unspecified atom stereocenters. The van der Waals surface area contributed by atoms with Gasteiger partial charge in [-0.3, -0.25) is 0 Å². The molecule has 0 aliphatic carbocycles. The summed E-state index contributed by atoms with van der Waals surface area (Å²) in [5.74, 6) is 0.0547. The van der Waals surface area contributed by atoms with Crippen molar-refractivity contribution in [3.8, 4) is 5.75 Å². The molecule has 0 saturated heterocycles. The summed E-state index contributed by atoms with van der Waals surface area (Å²) in [6.07, 6.45) is 1.17. The van der Waals surface area contributed by atoms with E-state index in [9.17, 15) is 4.79 Å². The van der Waals surface area contributed by atoms with Crippen LogP contribution < -0.4 is 4.74 Å². The van der Waals surface area contributed by atoms with Crippen molar-refractivity contribution in [2.75, 3.05) is 7.11 Å². The van der Waals surface area contributed by atoms with E-state index in [1.165, 1.54) is 6.33 Å². The summed E-state index contributed by atoms with van der Waals surface area (Å²) in [4.78, 5) is 19.3. The van der Waals surface area contributed by atoms with Gasteiger partial charge in [-0.25, -0.2) is 14.8 Å². The van der Waals surface area contributed by atoms with Crippen LogP contribution in [0.4, 0.5) is 0 Å². The molecule has 0 aliphatic rings. The first-order valence-electron chi connectivity index (χ1n) is 5.58. The Morgan fingerprint density at radius 1 is 1.15 bits per heavy atom. The van der Waals surface area contributed by atoms with Crippen molar-refractivity contribution in [2.45, 2.75) is 6.61 Å². The molecule has 0 atom stereocenters. The number of methoxy groups -OCH3 is 1. The topological polar surface area (TPSA) is 61.3 Å². The molecule has 0 amide bonds. The zero-order valence-electron chi connectivity index (χ0n) is 10.5. The first-order chi connectivity index (χ1) is 9.61. The lowest BCUT2D eigenvalue weighted by molar-refractivity contribution is 0.0472. The molecule has 0 aliphatic heterocycles. The molecule has 1 heterocycles. The normalized spacial score (nSPS) is 10.2. The molecule has 7 heteroatoms. The van der Waals surface area contributed by atoms with Crippen molar-refractivity contribution in [1.29, 1.82) is 0 Å². The van der Waals surface area contributed by atoms with Crippen molar-refractivity contribution in [3.05, 3.63) is 52.0 Å². The number of benzene rings is 1. The fraction of sp³-hybridized carbons (Fsp3) is 0.154. The molecule has 2 rings (SSSR count). The summed E-state index contributed by atoms with van der Waals surface area (Å²) in [6, 6.07) is 7.12. The molecule has 0 radical (unpaired) electrons. The number of rotatable bonds is 4. The number of aromatic nitrogens is 2. The molecule has 2 aromatic rings. The van der Waals surface area contributed by atoms with E-state index < -0.39 is 5.97 Å². The Morgan fingerprint density at radius 2 is 1.75 bits per heavy atom. The highest BCUT2D eigenvalue weighted by molar-refractivity contribution is 6.37. The number of carbonyl (C=O) groups is 1. The number of hydrogen-bond donors (Lipinski definition) is 0. The maximum atomic E-state index is 11.9. The van der Waals surface area contributed by atoms with Gasteiger partial charge in [0.2, 0.25) is 0 Å². The Balaban J connectivity index is 2.05. The molecule has 0 bridgehead atoms. The molecule has 0 spiro atoms. The minimum Gasteiger partial charge on any atom is -0.497 e. The van der Waals surface area contributed by atoms with Gasteiger partial charge in [0, 0.05) is 0 Å². The fourth-order valence-corrected chi connectivity index (χ4v) is 1.92. The number of ether oxygens (including phenoxy) is 2. The van der Waals surface area contributed by atoms with Crippen LogP contribution in [0.15, 0.2) is 30.6 Å². The Bertz CT molecular complexity index is 597. The van der Waals surface area contributed by atoms with Crippen LogP contribution in [-0.2, 0) is 11.3 Å². The smallest absolute Gasteiger partial charge is 0.344 e. The number of nitrogens with zero attached hydrogens (tertiary/aromatic N) is 2. The Labute approximate surface area is 125 Å². The summed E-state index contributed by atoms with van der Waals surface area (Å²) >= 11 is 11.6. The van der Waals surface area contributed by atoms with Gasteiger partial charge in [0.1, 0.15) is 34.6 Å². The van der Waals surface area contributed by atoms with Crippen LogP contribution in [0.5, 0.6) is 5.75 Å². The van der Waals surface area contributed by atoms with Crippen LogP contribution in [0.2, 0.25) is 10.3 Å². The van der Waals surface area contributed by atoms with Gasteiger partial charge in [0.05, 0.1) is 7.11 Å². The van der Waals surface area contributed by atoms with E-state index in [-0.39, 0.29) is 22.5 Å². The standard InChI is InChI=1S/C13H10Cl2N2O3/c1-19-9-4-2-8(3-5-9)6-20-13(18)10-11(14)16-7-17-12(10)15/h2-5,7H,6H2,1H3. The number of halogens is 2. The SMILES string of the molecule is COc1ccc(COC(=O)c2c(Cl)ncnc2Cl)cc1. The highest BCUT2D eigenvalue weighted by atomic mass is 35.5. The van der Waals surface area contributed by atoms with Crippen molar-refractivity contribution < 1.29 is 14.3 Å². The number of hydrogen-bond acceptors (Lipinski definition) is 5. The van der Waals surface area contributed by atoms with E-state index in [4.69, 9.17) is 32.7 Å². The van der Waals surface area contributed by atoms with Crippen molar-refractivity contribution in [3.63, 3.8) is 0 Å². The highest BCUT2D eigenvalue weighted by Gasteiger charge is 2.18.